The number of carboxylic acids is 1. The van der Waals surface area contributed by atoms with Crippen LogP contribution in [0.1, 0.15) is 30.4 Å². The Balaban J connectivity index is 1.62. The lowest BCUT2D eigenvalue weighted by Crippen LogP contribution is -2.44. The van der Waals surface area contributed by atoms with E-state index in [4.69, 9.17) is 32.2 Å². The Kier molecular flexibility index (Phi) is 10.9. The molecule has 0 radical (unpaired) electrons. The zero-order chi connectivity index (χ0) is 26.7. The van der Waals surface area contributed by atoms with Crippen LogP contribution in [0.2, 0.25) is 5.02 Å². The number of carboxylic acid groups (broad SMARTS) is 1. The van der Waals surface area contributed by atoms with Crippen LogP contribution in [-0.2, 0) is 27.3 Å². The Labute approximate surface area is 228 Å². The van der Waals surface area contributed by atoms with Crippen molar-refractivity contribution < 1.29 is 24.1 Å². The molecule has 5 nitrogen and oxygen atoms in total. The number of benzene rings is 3. The predicted octanol–water partition coefficient (Wildman–Crippen LogP) is 7.11. The molecule has 0 spiro atoms. The standard InChI is InChI=1S/C30H31ClO5S/c1-4-17-30(28(32)33,29(34-2)35-3)18-9-12-23-15-16-26(20-27(23)31)37-25-14-8-13-24(19-25)36-21-22-10-6-5-7-11-22/h1,5-8,10-11,13-16,19-20,29H,9,12,17-18,21H2,2-3H3,(H,32,33). The molecule has 0 aromatic heterocycles. The Bertz CT molecular complexity index is 1210. The normalized spacial score (nSPS) is 12.6. The van der Waals surface area contributed by atoms with Crippen LogP contribution in [0.3, 0.4) is 0 Å². The van der Waals surface area contributed by atoms with Gasteiger partial charge in [-0.05, 0) is 60.7 Å². The summed E-state index contributed by atoms with van der Waals surface area (Å²) in [6.07, 6.45) is 6.00. The molecule has 1 atom stereocenters. The molecule has 3 aromatic carbocycles. The van der Waals surface area contributed by atoms with E-state index < -0.39 is 17.7 Å². The van der Waals surface area contributed by atoms with Crippen molar-refractivity contribution in [3.8, 4) is 18.1 Å². The van der Waals surface area contributed by atoms with Crippen molar-refractivity contribution in [3.05, 3.63) is 88.9 Å². The van der Waals surface area contributed by atoms with Gasteiger partial charge in [-0.2, -0.15) is 0 Å². The third-order valence-electron chi connectivity index (χ3n) is 6.11. The molecule has 0 saturated heterocycles. The van der Waals surface area contributed by atoms with E-state index in [9.17, 15) is 9.90 Å². The number of terminal acetylenes is 1. The monoisotopic (exact) mass is 538 g/mol. The van der Waals surface area contributed by atoms with E-state index in [0.29, 0.717) is 30.9 Å². The summed E-state index contributed by atoms with van der Waals surface area (Å²) in [5.74, 6) is 2.24. The third-order valence-corrected chi connectivity index (χ3v) is 7.44. The number of hydrogen-bond donors (Lipinski definition) is 1. The molecule has 1 unspecified atom stereocenters. The highest BCUT2D eigenvalue weighted by Crippen LogP contribution is 2.37. The minimum absolute atomic E-state index is 0.00607. The van der Waals surface area contributed by atoms with E-state index in [1.54, 1.807) is 11.8 Å². The molecule has 0 saturated carbocycles. The lowest BCUT2D eigenvalue weighted by atomic mass is 9.78. The fraction of sp³-hybridized carbons (Fsp3) is 0.300. The van der Waals surface area contributed by atoms with Crippen molar-refractivity contribution >= 4 is 29.3 Å². The first-order valence-electron chi connectivity index (χ1n) is 11.9. The van der Waals surface area contributed by atoms with Crippen LogP contribution in [0.5, 0.6) is 5.75 Å². The van der Waals surface area contributed by atoms with Gasteiger partial charge in [0.05, 0.1) is 0 Å². The molecule has 0 aliphatic carbocycles. The largest absolute Gasteiger partial charge is 0.489 e. The minimum Gasteiger partial charge on any atom is -0.489 e. The molecule has 3 aromatic rings. The van der Waals surface area contributed by atoms with Crippen molar-refractivity contribution in [2.24, 2.45) is 5.41 Å². The highest BCUT2D eigenvalue weighted by atomic mass is 35.5. The number of aliphatic carboxylic acids is 1. The summed E-state index contributed by atoms with van der Waals surface area (Å²) < 4.78 is 16.5. The topological polar surface area (TPSA) is 65.0 Å². The fourth-order valence-electron chi connectivity index (χ4n) is 4.20. The molecular formula is C30H31ClO5S. The van der Waals surface area contributed by atoms with Gasteiger partial charge in [0.2, 0.25) is 0 Å². The van der Waals surface area contributed by atoms with Gasteiger partial charge in [0.15, 0.2) is 6.29 Å². The van der Waals surface area contributed by atoms with Gasteiger partial charge in [0.1, 0.15) is 17.8 Å². The molecule has 0 heterocycles. The van der Waals surface area contributed by atoms with Crippen LogP contribution in [0.4, 0.5) is 0 Å². The van der Waals surface area contributed by atoms with Crippen molar-refractivity contribution in [3.63, 3.8) is 0 Å². The lowest BCUT2D eigenvalue weighted by Gasteiger charge is -2.33. The lowest BCUT2D eigenvalue weighted by molar-refractivity contribution is -0.200. The average molecular weight is 539 g/mol. The van der Waals surface area contributed by atoms with Crippen molar-refractivity contribution in [1.29, 1.82) is 0 Å². The Morgan fingerprint density at radius 1 is 1.05 bits per heavy atom. The zero-order valence-electron chi connectivity index (χ0n) is 21.0. The molecule has 1 N–H and O–H groups in total. The maximum atomic E-state index is 12.1. The molecule has 0 fully saturated rings. The summed E-state index contributed by atoms with van der Waals surface area (Å²) in [7, 11) is 2.83. The number of methoxy groups -OCH3 is 2. The van der Waals surface area contributed by atoms with Crippen molar-refractivity contribution in [1.82, 2.24) is 0 Å². The van der Waals surface area contributed by atoms with Gasteiger partial charge < -0.3 is 19.3 Å². The Morgan fingerprint density at radius 3 is 2.43 bits per heavy atom. The van der Waals surface area contributed by atoms with E-state index >= 15 is 0 Å². The highest BCUT2D eigenvalue weighted by molar-refractivity contribution is 7.99. The molecule has 7 heteroatoms. The molecule has 194 valence electrons. The zero-order valence-corrected chi connectivity index (χ0v) is 22.6. The van der Waals surface area contributed by atoms with Crippen LogP contribution in [0, 0.1) is 17.8 Å². The third kappa shape index (κ3) is 7.77. The van der Waals surface area contributed by atoms with Gasteiger partial charge in [-0.3, -0.25) is 4.79 Å². The van der Waals surface area contributed by atoms with E-state index in [1.807, 2.05) is 72.8 Å². The summed E-state index contributed by atoms with van der Waals surface area (Å²) in [5.41, 5.74) is 0.730. The first kappa shape index (κ1) is 28.6. The van der Waals surface area contributed by atoms with Gasteiger partial charge in [-0.25, -0.2) is 0 Å². The number of hydrogen-bond acceptors (Lipinski definition) is 5. The van der Waals surface area contributed by atoms with Gasteiger partial charge in [0.25, 0.3) is 0 Å². The van der Waals surface area contributed by atoms with Crippen LogP contribution in [0.15, 0.2) is 82.6 Å². The van der Waals surface area contributed by atoms with E-state index in [2.05, 4.69) is 5.92 Å². The second-order valence-electron chi connectivity index (χ2n) is 8.60. The molecule has 37 heavy (non-hydrogen) atoms. The minimum atomic E-state index is -1.33. The molecular weight excluding hydrogens is 508 g/mol. The number of rotatable bonds is 14. The summed E-state index contributed by atoms with van der Waals surface area (Å²) >= 11 is 8.20. The maximum absolute atomic E-state index is 12.1. The molecule has 0 amide bonds. The molecule has 0 bridgehead atoms. The summed E-state index contributed by atoms with van der Waals surface area (Å²) in [5, 5.41) is 10.6. The first-order valence-corrected chi connectivity index (χ1v) is 13.1. The van der Waals surface area contributed by atoms with Crippen LogP contribution in [-0.4, -0.2) is 31.6 Å². The van der Waals surface area contributed by atoms with Crippen molar-refractivity contribution in [2.75, 3.05) is 14.2 Å². The quantitative estimate of drug-likeness (QED) is 0.174. The van der Waals surface area contributed by atoms with Gasteiger partial charge >= 0.3 is 5.97 Å². The molecule has 0 aliphatic heterocycles. The maximum Gasteiger partial charge on any atom is 0.315 e. The number of carbonyl (C=O) groups is 1. The van der Waals surface area contributed by atoms with Gasteiger partial charge in [-0.15, -0.1) is 12.3 Å². The summed E-state index contributed by atoms with van der Waals surface area (Å²) in [6, 6.07) is 23.9. The molecule has 3 rings (SSSR count). The van der Waals surface area contributed by atoms with E-state index in [-0.39, 0.29) is 6.42 Å². The average Bonchev–Trinajstić information content (AvgIpc) is 2.90. The number of aryl methyl sites for hydroxylation is 1. The molecule has 0 aliphatic rings. The summed E-state index contributed by atoms with van der Waals surface area (Å²) in [6.45, 7) is 0.509. The van der Waals surface area contributed by atoms with E-state index in [0.717, 1.165) is 26.7 Å². The number of ether oxygens (including phenoxy) is 3. The fourth-order valence-corrected chi connectivity index (χ4v) is 5.44. The van der Waals surface area contributed by atoms with Gasteiger partial charge in [-0.1, -0.05) is 65.8 Å². The predicted molar refractivity (Wildman–Crippen MR) is 147 cm³/mol. The van der Waals surface area contributed by atoms with Crippen LogP contribution < -0.4 is 4.74 Å². The second kappa shape index (κ2) is 14.1. The SMILES string of the molecule is C#CCC(CCCc1ccc(Sc2cccc(OCc3ccccc3)c2)cc1Cl)(C(=O)O)C(OC)OC. The second-order valence-corrected chi connectivity index (χ2v) is 10.2. The number of halogens is 1. The van der Waals surface area contributed by atoms with E-state index in [1.165, 1.54) is 14.2 Å². The van der Waals surface area contributed by atoms with Crippen molar-refractivity contribution in [2.45, 2.75) is 48.4 Å². The Hall–Kier alpha value is -2.95. The highest BCUT2D eigenvalue weighted by Gasteiger charge is 2.46. The van der Waals surface area contributed by atoms with Crippen LogP contribution in [0.25, 0.3) is 0 Å². The van der Waals surface area contributed by atoms with Gasteiger partial charge in [0, 0.05) is 35.5 Å². The van der Waals surface area contributed by atoms with Crippen LogP contribution >= 0.6 is 23.4 Å². The Morgan fingerprint density at radius 2 is 1.78 bits per heavy atom. The first-order chi connectivity index (χ1) is 17.9. The summed E-state index contributed by atoms with van der Waals surface area (Å²) in [4.78, 5) is 14.2. The smallest absolute Gasteiger partial charge is 0.315 e.